The van der Waals surface area contributed by atoms with Crippen LogP contribution in [0.3, 0.4) is 0 Å². The van der Waals surface area contributed by atoms with Crippen LogP contribution in [-0.4, -0.2) is 66.0 Å². The van der Waals surface area contributed by atoms with Crippen molar-refractivity contribution in [2.24, 2.45) is 5.92 Å². The Kier molecular flexibility index (Phi) is 7.07. The number of hydrogen-bond acceptors (Lipinski definition) is 5. The molecule has 2 aliphatic rings. The highest BCUT2D eigenvalue weighted by molar-refractivity contribution is 5.94. The van der Waals surface area contributed by atoms with Crippen molar-refractivity contribution in [2.75, 3.05) is 27.2 Å². The standard InChI is InChI=1S/C24H30F2N4O3/c1-29(2)24(32)18-14-30(16-6-4-3-5-7-16)11-10-20(18)27-23(31)21-13-22(33-28-21)17-9-8-15(25)12-19(17)26/h8-9,12-13,16,18,20H,3-7,10-11,14H2,1-2H3,(H,27,31). The van der Waals surface area contributed by atoms with Crippen molar-refractivity contribution < 1.29 is 22.9 Å². The summed E-state index contributed by atoms with van der Waals surface area (Å²) in [5.41, 5.74) is 0.00360. The molecule has 1 aromatic heterocycles. The molecular weight excluding hydrogens is 430 g/mol. The van der Waals surface area contributed by atoms with Gasteiger partial charge in [-0.3, -0.25) is 14.5 Å². The zero-order valence-electron chi connectivity index (χ0n) is 19.0. The first-order valence-electron chi connectivity index (χ1n) is 11.5. The van der Waals surface area contributed by atoms with Gasteiger partial charge in [0.25, 0.3) is 5.91 Å². The molecule has 1 aromatic carbocycles. The second kappa shape index (κ2) is 9.99. The van der Waals surface area contributed by atoms with Crippen molar-refractivity contribution in [3.63, 3.8) is 0 Å². The summed E-state index contributed by atoms with van der Waals surface area (Å²) < 4.78 is 32.4. The van der Waals surface area contributed by atoms with Gasteiger partial charge < -0.3 is 14.7 Å². The summed E-state index contributed by atoms with van der Waals surface area (Å²) in [5.74, 6) is -2.34. The summed E-state index contributed by atoms with van der Waals surface area (Å²) in [5, 5.41) is 6.71. The Balaban J connectivity index is 1.47. The van der Waals surface area contributed by atoms with Gasteiger partial charge >= 0.3 is 0 Å². The van der Waals surface area contributed by atoms with Crippen LogP contribution in [0.1, 0.15) is 49.0 Å². The molecular formula is C24H30F2N4O3. The molecule has 2 heterocycles. The van der Waals surface area contributed by atoms with E-state index in [1.807, 2.05) is 0 Å². The minimum atomic E-state index is -0.801. The van der Waals surface area contributed by atoms with Crippen molar-refractivity contribution in [1.82, 2.24) is 20.3 Å². The third-order valence-electron chi connectivity index (χ3n) is 6.75. The molecule has 0 bridgehead atoms. The molecule has 178 valence electrons. The van der Waals surface area contributed by atoms with E-state index < -0.39 is 17.5 Å². The van der Waals surface area contributed by atoms with E-state index in [4.69, 9.17) is 4.52 Å². The third kappa shape index (κ3) is 5.24. The van der Waals surface area contributed by atoms with Gasteiger partial charge in [0.1, 0.15) is 11.6 Å². The van der Waals surface area contributed by atoms with Crippen molar-refractivity contribution in [3.8, 4) is 11.3 Å². The van der Waals surface area contributed by atoms with Crippen molar-refractivity contribution in [2.45, 2.75) is 50.6 Å². The third-order valence-corrected chi connectivity index (χ3v) is 6.75. The SMILES string of the molecule is CN(C)C(=O)C1CN(C2CCCCC2)CCC1NC(=O)c1cc(-c2ccc(F)cc2F)on1. The molecule has 9 heteroatoms. The van der Waals surface area contributed by atoms with Gasteiger partial charge in [0.2, 0.25) is 5.91 Å². The number of aromatic nitrogens is 1. The summed E-state index contributed by atoms with van der Waals surface area (Å²) in [6.45, 7) is 1.43. The van der Waals surface area contributed by atoms with E-state index in [0.29, 0.717) is 19.0 Å². The topological polar surface area (TPSA) is 78.7 Å². The quantitative estimate of drug-likeness (QED) is 0.739. The van der Waals surface area contributed by atoms with Crippen LogP contribution in [0, 0.1) is 17.6 Å². The van der Waals surface area contributed by atoms with Crippen molar-refractivity contribution >= 4 is 11.8 Å². The number of hydrogen-bond donors (Lipinski definition) is 1. The monoisotopic (exact) mass is 460 g/mol. The maximum Gasteiger partial charge on any atom is 0.273 e. The lowest BCUT2D eigenvalue weighted by Crippen LogP contribution is -2.57. The Morgan fingerprint density at radius 3 is 2.58 bits per heavy atom. The first-order chi connectivity index (χ1) is 15.8. The molecule has 1 aliphatic heterocycles. The zero-order valence-corrected chi connectivity index (χ0v) is 19.0. The molecule has 1 saturated carbocycles. The van der Waals surface area contributed by atoms with Gasteiger partial charge in [-0.05, 0) is 31.4 Å². The van der Waals surface area contributed by atoms with Crippen LogP contribution < -0.4 is 5.32 Å². The zero-order chi connectivity index (χ0) is 23.5. The number of likely N-dealkylation sites (tertiary alicyclic amines) is 1. The minimum absolute atomic E-state index is 0.0144. The number of nitrogens with zero attached hydrogens (tertiary/aromatic N) is 3. The smallest absolute Gasteiger partial charge is 0.273 e. The fourth-order valence-corrected chi connectivity index (χ4v) is 4.95. The second-order valence-corrected chi connectivity index (χ2v) is 9.20. The summed E-state index contributed by atoms with van der Waals surface area (Å²) in [6.07, 6.45) is 6.67. The number of carbonyl (C=O) groups is 2. The average molecular weight is 461 g/mol. The molecule has 1 saturated heterocycles. The molecule has 0 spiro atoms. The van der Waals surface area contributed by atoms with Gasteiger partial charge in [0.15, 0.2) is 11.5 Å². The number of benzene rings is 1. The van der Waals surface area contributed by atoms with Gasteiger partial charge in [0, 0.05) is 51.4 Å². The maximum absolute atomic E-state index is 14.0. The van der Waals surface area contributed by atoms with Crippen molar-refractivity contribution in [1.29, 1.82) is 0 Å². The van der Waals surface area contributed by atoms with Crippen LogP contribution in [0.5, 0.6) is 0 Å². The van der Waals surface area contributed by atoms with E-state index in [2.05, 4.69) is 15.4 Å². The highest BCUT2D eigenvalue weighted by Gasteiger charge is 2.38. The number of piperidine rings is 1. The largest absolute Gasteiger partial charge is 0.355 e. The first kappa shape index (κ1) is 23.4. The fraction of sp³-hybridized carbons (Fsp3) is 0.542. The summed E-state index contributed by atoms with van der Waals surface area (Å²) in [6, 6.07) is 4.57. The predicted octanol–water partition coefficient (Wildman–Crippen LogP) is 3.46. The molecule has 2 atom stereocenters. The maximum atomic E-state index is 14.0. The van der Waals surface area contributed by atoms with Gasteiger partial charge in [-0.1, -0.05) is 24.4 Å². The van der Waals surface area contributed by atoms with Crippen LogP contribution in [0.2, 0.25) is 0 Å². The lowest BCUT2D eigenvalue weighted by atomic mass is 9.86. The minimum Gasteiger partial charge on any atom is -0.355 e. The van der Waals surface area contributed by atoms with E-state index in [1.165, 1.54) is 31.4 Å². The molecule has 0 radical (unpaired) electrons. The van der Waals surface area contributed by atoms with E-state index >= 15 is 0 Å². The van der Waals surface area contributed by atoms with Crippen LogP contribution in [0.4, 0.5) is 8.78 Å². The lowest BCUT2D eigenvalue weighted by Gasteiger charge is -2.43. The van der Waals surface area contributed by atoms with E-state index in [0.717, 1.165) is 31.5 Å². The lowest BCUT2D eigenvalue weighted by molar-refractivity contribution is -0.136. The Morgan fingerprint density at radius 2 is 1.88 bits per heavy atom. The van der Waals surface area contributed by atoms with Crippen LogP contribution in [0.25, 0.3) is 11.3 Å². The fourth-order valence-electron chi connectivity index (χ4n) is 4.95. The normalized spacial score (nSPS) is 22.2. The molecule has 2 aromatic rings. The van der Waals surface area contributed by atoms with Gasteiger partial charge in [-0.25, -0.2) is 8.78 Å². The summed E-state index contributed by atoms with van der Waals surface area (Å²) in [4.78, 5) is 29.8. The van der Waals surface area contributed by atoms with E-state index in [1.54, 1.807) is 19.0 Å². The molecule has 33 heavy (non-hydrogen) atoms. The van der Waals surface area contributed by atoms with Crippen molar-refractivity contribution in [3.05, 3.63) is 41.6 Å². The molecule has 7 nitrogen and oxygen atoms in total. The Labute approximate surface area is 192 Å². The number of carbonyl (C=O) groups excluding carboxylic acids is 2. The van der Waals surface area contributed by atoms with E-state index in [9.17, 15) is 18.4 Å². The Hall–Kier alpha value is -2.81. The highest BCUT2D eigenvalue weighted by atomic mass is 19.1. The van der Waals surface area contributed by atoms with Crippen LogP contribution >= 0.6 is 0 Å². The van der Waals surface area contributed by atoms with Crippen LogP contribution in [0.15, 0.2) is 28.8 Å². The highest BCUT2D eigenvalue weighted by Crippen LogP contribution is 2.29. The number of nitrogens with one attached hydrogen (secondary N) is 1. The Bertz CT molecular complexity index is 1000. The molecule has 1 aliphatic carbocycles. The molecule has 2 fully saturated rings. The molecule has 2 amide bonds. The van der Waals surface area contributed by atoms with E-state index in [-0.39, 0.29) is 34.9 Å². The molecule has 2 unspecified atom stereocenters. The summed E-state index contributed by atoms with van der Waals surface area (Å²) >= 11 is 0. The summed E-state index contributed by atoms with van der Waals surface area (Å²) in [7, 11) is 3.45. The molecule has 1 N–H and O–H groups in total. The number of rotatable bonds is 5. The van der Waals surface area contributed by atoms with Gasteiger partial charge in [-0.2, -0.15) is 0 Å². The first-order valence-corrected chi connectivity index (χ1v) is 11.5. The second-order valence-electron chi connectivity index (χ2n) is 9.20. The van der Waals surface area contributed by atoms with Crippen LogP contribution in [-0.2, 0) is 4.79 Å². The van der Waals surface area contributed by atoms with Gasteiger partial charge in [0.05, 0.1) is 11.5 Å². The van der Waals surface area contributed by atoms with Gasteiger partial charge in [-0.15, -0.1) is 0 Å². The number of amides is 2. The molecule has 4 rings (SSSR count). The average Bonchev–Trinajstić information content (AvgIpc) is 3.29. The predicted molar refractivity (Wildman–Crippen MR) is 118 cm³/mol. The number of halogens is 2. The Morgan fingerprint density at radius 1 is 1.12 bits per heavy atom.